The zero-order valence-corrected chi connectivity index (χ0v) is 26.9. The van der Waals surface area contributed by atoms with E-state index in [0.29, 0.717) is 5.92 Å². The van der Waals surface area contributed by atoms with Gasteiger partial charge in [0.15, 0.2) is 0 Å². The maximum Gasteiger partial charge on any atom is 0.252 e. The smallest absolute Gasteiger partial charge is 0.252 e. The fourth-order valence-corrected chi connectivity index (χ4v) is 10.0. The molecule has 5 aromatic rings. The van der Waals surface area contributed by atoms with E-state index in [1.807, 2.05) is 30.5 Å². The van der Waals surface area contributed by atoms with Gasteiger partial charge in [0.25, 0.3) is 5.91 Å². The molecular weight excluding hydrogens is 573 g/mol. The highest BCUT2D eigenvalue weighted by molar-refractivity contribution is 7.80. The van der Waals surface area contributed by atoms with Gasteiger partial charge in [0.1, 0.15) is 5.75 Å². The first-order chi connectivity index (χ1) is 22.1. The summed E-state index contributed by atoms with van der Waals surface area (Å²) in [6.45, 7) is 4.49. The maximum absolute atomic E-state index is 14.7. The number of pyridine rings is 1. The lowest BCUT2D eigenvalue weighted by atomic mass is 9.72. The molecule has 0 saturated carbocycles. The summed E-state index contributed by atoms with van der Waals surface area (Å²) in [6, 6.07) is 37.5. The zero-order valence-electron chi connectivity index (χ0n) is 26.0. The number of hydrogen-bond donors (Lipinski definition) is 1. The fourth-order valence-electron chi connectivity index (χ4n) is 7.58. The van der Waals surface area contributed by atoms with Crippen molar-refractivity contribution in [2.75, 3.05) is 20.2 Å². The third-order valence-corrected chi connectivity index (χ3v) is 12.4. The number of benzene rings is 4. The summed E-state index contributed by atoms with van der Waals surface area (Å²) < 4.78 is 5.63. The van der Waals surface area contributed by atoms with Crippen molar-refractivity contribution in [3.8, 4) is 5.75 Å². The second-order valence-corrected chi connectivity index (χ2v) is 14.5. The molecule has 2 bridgehead atoms. The lowest BCUT2D eigenvalue weighted by molar-refractivity contribution is -0.0152. The fraction of sp³-hybridized carbons (Fsp3) is 0.282. The molecule has 8 rings (SSSR count). The Morgan fingerprint density at radius 2 is 1.67 bits per heavy atom. The Morgan fingerprint density at radius 3 is 2.33 bits per heavy atom. The molecule has 0 spiro atoms. The average molecular weight is 614 g/mol. The van der Waals surface area contributed by atoms with E-state index < -0.39 is 7.92 Å². The first-order valence-electron chi connectivity index (χ1n) is 16.1. The van der Waals surface area contributed by atoms with E-state index in [4.69, 9.17) is 4.74 Å². The van der Waals surface area contributed by atoms with Gasteiger partial charge in [-0.05, 0) is 91.0 Å². The van der Waals surface area contributed by atoms with Crippen LogP contribution in [0.15, 0.2) is 115 Å². The Hall–Kier alpha value is -4.05. The second-order valence-electron chi connectivity index (χ2n) is 12.3. The minimum atomic E-state index is -0.939. The summed E-state index contributed by atoms with van der Waals surface area (Å²) in [4.78, 5) is 22.0. The van der Waals surface area contributed by atoms with Crippen LogP contribution < -0.4 is 26.0 Å². The van der Waals surface area contributed by atoms with E-state index in [9.17, 15) is 4.79 Å². The number of nitrogens with zero attached hydrogens (tertiary/aromatic N) is 2. The van der Waals surface area contributed by atoms with Crippen molar-refractivity contribution in [3.05, 3.63) is 127 Å². The number of aromatic nitrogens is 1. The number of piperidine rings is 3. The molecule has 45 heavy (non-hydrogen) atoms. The molecule has 4 unspecified atom stereocenters. The van der Waals surface area contributed by atoms with Crippen molar-refractivity contribution in [3.63, 3.8) is 0 Å². The van der Waals surface area contributed by atoms with Gasteiger partial charge in [-0.25, -0.2) is 0 Å². The first kappa shape index (κ1) is 29.6. The van der Waals surface area contributed by atoms with Crippen LogP contribution in [0.1, 0.15) is 48.1 Å². The van der Waals surface area contributed by atoms with Crippen LogP contribution in [0.5, 0.6) is 5.75 Å². The number of hydrogen-bond acceptors (Lipinski definition) is 4. The molecule has 3 fully saturated rings. The van der Waals surface area contributed by atoms with E-state index in [1.165, 1.54) is 23.5 Å². The van der Waals surface area contributed by atoms with Crippen molar-refractivity contribution in [1.29, 1.82) is 0 Å². The van der Waals surface area contributed by atoms with Crippen LogP contribution in [-0.4, -0.2) is 42.0 Å². The Balaban J connectivity index is 1.32. The SMILES string of the molecule is CCC1CN2CCC1CC2[C@@H](NC(=O)c1ccccc1P(c1ccccc1)c1ccccc1)c1ccnc2ccc(OC)cc12. The van der Waals surface area contributed by atoms with E-state index >= 15 is 0 Å². The molecule has 3 saturated heterocycles. The van der Waals surface area contributed by atoms with Crippen LogP contribution in [0.25, 0.3) is 10.9 Å². The topological polar surface area (TPSA) is 54.5 Å². The molecule has 5 atom stereocenters. The van der Waals surface area contributed by atoms with Gasteiger partial charge in [-0.15, -0.1) is 0 Å². The average Bonchev–Trinajstić information content (AvgIpc) is 3.11. The summed E-state index contributed by atoms with van der Waals surface area (Å²) in [7, 11) is 0.757. The van der Waals surface area contributed by atoms with Crippen molar-refractivity contribution in [2.24, 2.45) is 11.8 Å². The third kappa shape index (κ3) is 5.88. The van der Waals surface area contributed by atoms with Crippen molar-refractivity contribution >= 4 is 40.6 Å². The van der Waals surface area contributed by atoms with E-state index in [1.54, 1.807) is 7.11 Å². The zero-order chi connectivity index (χ0) is 30.8. The van der Waals surface area contributed by atoms with E-state index in [-0.39, 0.29) is 18.0 Å². The standard InChI is InChI=1S/C39H40N3O2P/c1-3-27-26-42-23-21-28(27)24-36(42)38(32-20-22-40-35-19-18-29(44-2)25-34(32)35)41-39(43)33-16-10-11-17-37(33)45(30-12-6-4-7-13-30)31-14-8-5-9-15-31/h4-20,22,25,27-28,36,38H,3,21,23-24,26H2,1-2H3,(H,41,43)/t27?,28?,36?,38-/m0/s1. The van der Waals surface area contributed by atoms with Gasteiger partial charge in [0.2, 0.25) is 0 Å². The van der Waals surface area contributed by atoms with Crippen LogP contribution in [0.3, 0.4) is 0 Å². The molecule has 0 aliphatic carbocycles. The number of nitrogens with one attached hydrogen (secondary N) is 1. The quantitative estimate of drug-likeness (QED) is 0.191. The summed E-state index contributed by atoms with van der Waals surface area (Å²) in [5.41, 5.74) is 2.75. The predicted molar refractivity (Wildman–Crippen MR) is 186 cm³/mol. The van der Waals surface area contributed by atoms with Gasteiger partial charge in [-0.3, -0.25) is 14.7 Å². The van der Waals surface area contributed by atoms with Crippen molar-refractivity contribution in [1.82, 2.24) is 15.2 Å². The summed E-state index contributed by atoms with van der Waals surface area (Å²) >= 11 is 0. The number of carbonyl (C=O) groups excluding carboxylic acids is 1. The van der Waals surface area contributed by atoms with Crippen LogP contribution in [-0.2, 0) is 0 Å². The molecule has 5 nitrogen and oxygen atoms in total. The van der Waals surface area contributed by atoms with Gasteiger partial charge in [-0.2, -0.15) is 0 Å². The number of fused-ring (bicyclic) bond motifs is 4. The van der Waals surface area contributed by atoms with Crippen molar-refractivity contribution in [2.45, 2.75) is 38.3 Å². The molecular formula is C39H40N3O2P. The molecule has 6 heteroatoms. The summed E-state index contributed by atoms with van der Waals surface area (Å²) in [6.07, 6.45) is 5.41. The summed E-state index contributed by atoms with van der Waals surface area (Å²) in [5, 5.41) is 8.18. The highest BCUT2D eigenvalue weighted by Crippen LogP contribution is 2.43. The van der Waals surface area contributed by atoms with E-state index in [0.717, 1.165) is 58.5 Å². The minimum Gasteiger partial charge on any atom is -0.497 e. The Labute approximate surface area is 267 Å². The normalized spacial score (nSPS) is 21.5. The Kier molecular flexibility index (Phi) is 8.65. The molecule has 3 aliphatic rings. The molecule has 3 aliphatic heterocycles. The first-order valence-corrected chi connectivity index (χ1v) is 17.5. The van der Waals surface area contributed by atoms with Crippen LogP contribution in [0.4, 0.5) is 0 Å². The highest BCUT2D eigenvalue weighted by atomic mass is 31.1. The van der Waals surface area contributed by atoms with Crippen LogP contribution in [0.2, 0.25) is 0 Å². The lowest BCUT2D eigenvalue weighted by Crippen LogP contribution is -2.57. The summed E-state index contributed by atoms with van der Waals surface area (Å²) in [5.74, 6) is 2.17. The van der Waals surface area contributed by atoms with Gasteiger partial charge in [0.05, 0.1) is 18.7 Å². The number of amides is 1. The van der Waals surface area contributed by atoms with Crippen LogP contribution >= 0.6 is 7.92 Å². The highest BCUT2D eigenvalue weighted by Gasteiger charge is 2.43. The van der Waals surface area contributed by atoms with Gasteiger partial charge in [-0.1, -0.05) is 92.2 Å². The predicted octanol–water partition coefficient (Wildman–Crippen LogP) is 6.59. The van der Waals surface area contributed by atoms with E-state index in [2.05, 4.69) is 107 Å². The van der Waals surface area contributed by atoms with Gasteiger partial charge < -0.3 is 10.1 Å². The number of rotatable bonds is 9. The second kappa shape index (κ2) is 13.1. The van der Waals surface area contributed by atoms with Crippen molar-refractivity contribution < 1.29 is 9.53 Å². The number of methoxy groups -OCH3 is 1. The number of carbonyl (C=O) groups is 1. The molecule has 228 valence electrons. The lowest BCUT2D eigenvalue weighted by Gasteiger charge is -2.52. The Morgan fingerprint density at radius 1 is 0.956 bits per heavy atom. The Bertz CT molecular complexity index is 1740. The maximum atomic E-state index is 14.7. The molecule has 1 amide bonds. The molecule has 0 radical (unpaired) electrons. The monoisotopic (exact) mass is 613 g/mol. The molecule has 1 N–H and O–H groups in total. The molecule has 4 heterocycles. The van der Waals surface area contributed by atoms with Gasteiger partial charge >= 0.3 is 0 Å². The van der Waals surface area contributed by atoms with Crippen LogP contribution in [0, 0.1) is 11.8 Å². The minimum absolute atomic E-state index is 0.0301. The molecule has 4 aromatic carbocycles. The number of ether oxygens (including phenoxy) is 1. The largest absolute Gasteiger partial charge is 0.497 e. The van der Waals surface area contributed by atoms with Gasteiger partial charge in [0, 0.05) is 29.7 Å². The molecule has 1 aromatic heterocycles. The third-order valence-electron chi connectivity index (χ3n) is 9.87.